The fourth-order valence-electron chi connectivity index (χ4n) is 5.99. The summed E-state index contributed by atoms with van der Waals surface area (Å²) in [5.74, 6) is -0.0455. The summed E-state index contributed by atoms with van der Waals surface area (Å²) in [5, 5.41) is 12.4. The molecule has 3 unspecified atom stereocenters. The Morgan fingerprint density at radius 2 is 1.12 bits per heavy atom. The van der Waals surface area contributed by atoms with Gasteiger partial charge in [0.15, 0.2) is 0 Å². The molecule has 0 aromatic heterocycles. The maximum absolute atomic E-state index is 14.0. The number of hydrogen-bond acceptors (Lipinski definition) is 4. The van der Waals surface area contributed by atoms with E-state index in [9.17, 15) is 9.90 Å². The monoisotopic (exact) mass is 547 g/mol. The van der Waals surface area contributed by atoms with E-state index in [1.165, 1.54) is 11.1 Å². The zero-order chi connectivity index (χ0) is 28.8. The second-order valence-corrected chi connectivity index (χ2v) is 11.6. The van der Waals surface area contributed by atoms with Crippen molar-refractivity contribution in [3.63, 3.8) is 0 Å². The van der Waals surface area contributed by atoms with Crippen LogP contribution in [0.3, 0.4) is 0 Å². The highest BCUT2D eigenvalue weighted by Crippen LogP contribution is 2.36. The van der Waals surface area contributed by atoms with E-state index in [1.807, 2.05) is 55.6 Å². The van der Waals surface area contributed by atoms with Gasteiger partial charge < -0.3 is 10.0 Å². The third-order valence-corrected chi connectivity index (χ3v) is 8.57. The average molecular weight is 548 g/mol. The summed E-state index contributed by atoms with van der Waals surface area (Å²) < 4.78 is 0. The van der Waals surface area contributed by atoms with Gasteiger partial charge in [0.25, 0.3) is 0 Å². The number of carbonyl (C=O) groups is 1. The van der Waals surface area contributed by atoms with Crippen molar-refractivity contribution in [2.45, 2.75) is 63.8 Å². The Bertz CT molecular complexity index is 1340. The van der Waals surface area contributed by atoms with Crippen LogP contribution in [0, 0.1) is 0 Å². The van der Waals surface area contributed by atoms with Crippen LogP contribution in [0.5, 0.6) is 0 Å². The van der Waals surface area contributed by atoms with E-state index >= 15 is 0 Å². The maximum atomic E-state index is 14.0. The summed E-state index contributed by atoms with van der Waals surface area (Å²) >= 11 is 0. The highest BCUT2D eigenvalue weighted by atomic mass is 16.3. The van der Waals surface area contributed by atoms with Crippen LogP contribution < -0.4 is 0 Å². The van der Waals surface area contributed by atoms with Crippen LogP contribution in [-0.4, -0.2) is 56.6 Å². The highest BCUT2D eigenvalue weighted by molar-refractivity contribution is 5.85. The minimum absolute atomic E-state index is 0.0455. The predicted octanol–water partition coefficient (Wildman–Crippen LogP) is 5.74. The van der Waals surface area contributed by atoms with Gasteiger partial charge in [0.2, 0.25) is 5.91 Å². The van der Waals surface area contributed by atoms with E-state index in [2.05, 4.69) is 96.4 Å². The quantitative estimate of drug-likeness (QED) is 0.260. The number of aliphatic hydroxyl groups is 1. The van der Waals surface area contributed by atoms with E-state index in [0.717, 1.165) is 11.1 Å². The smallest absolute Gasteiger partial charge is 0.243 e. The van der Waals surface area contributed by atoms with Gasteiger partial charge >= 0.3 is 0 Å². The molecule has 1 heterocycles. The Hall–Kier alpha value is -3.77. The van der Waals surface area contributed by atoms with Gasteiger partial charge in [0, 0.05) is 32.7 Å². The lowest BCUT2D eigenvalue weighted by molar-refractivity contribution is -0.133. The van der Waals surface area contributed by atoms with E-state index in [-0.39, 0.29) is 11.9 Å². The molecule has 5 rings (SSSR count). The zero-order valence-corrected chi connectivity index (χ0v) is 24.3. The molecule has 1 saturated heterocycles. The first-order valence-electron chi connectivity index (χ1n) is 14.5. The molecule has 5 nitrogen and oxygen atoms in total. The molecule has 0 radical (unpaired) electrons. The first-order chi connectivity index (χ1) is 19.8. The molecule has 0 bridgehead atoms. The predicted molar refractivity (Wildman–Crippen MR) is 165 cm³/mol. The molecule has 1 aliphatic rings. The lowest BCUT2D eigenvalue weighted by atomic mass is 9.92. The minimum Gasteiger partial charge on any atom is -0.389 e. The van der Waals surface area contributed by atoms with Gasteiger partial charge in [-0.15, -0.1) is 0 Å². The molecule has 1 aliphatic heterocycles. The second kappa shape index (κ2) is 12.8. The van der Waals surface area contributed by atoms with E-state index in [4.69, 9.17) is 0 Å². The van der Waals surface area contributed by atoms with Gasteiger partial charge in [-0.1, -0.05) is 121 Å². The van der Waals surface area contributed by atoms with Crippen molar-refractivity contribution in [3.8, 4) is 0 Å². The fraction of sp³-hybridized carbons (Fsp3) is 0.306. The molecule has 0 spiro atoms. The number of rotatable bonds is 11. The van der Waals surface area contributed by atoms with Crippen molar-refractivity contribution in [1.82, 2.24) is 14.7 Å². The van der Waals surface area contributed by atoms with Crippen LogP contribution in [0.4, 0.5) is 0 Å². The van der Waals surface area contributed by atoms with Crippen LogP contribution in [0.2, 0.25) is 0 Å². The van der Waals surface area contributed by atoms with Crippen molar-refractivity contribution in [3.05, 3.63) is 144 Å². The Morgan fingerprint density at radius 3 is 1.59 bits per heavy atom. The maximum Gasteiger partial charge on any atom is 0.243 e. The number of hydrogen-bond donors (Lipinski definition) is 1. The molecule has 212 valence electrons. The normalized spacial score (nSPS) is 18.5. The molecule has 1 fully saturated rings. The molecule has 1 amide bonds. The minimum atomic E-state index is -0.928. The first-order valence-corrected chi connectivity index (χ1v) is 14.5. The standard InChI is InChI=1S/C36H41N3O2/c1-36(2)37(3)35(41)33(39(36)27-31-22-14-7-15-23-31)34(40)32(24-28-16-8-4-9-17-28)38(25-29-18-10-5-11-19-29)26-30-20-12-6-13-21-30/h4-23,32-34,40H,24-27H2,1-3H3. The average Bonchev–Trinajstić information content (AvgIpc) is 3.16. The number of benzene rings is 4. The van der Waals surface area contributed by atoms with Crippen molar-refractivity contribution in [1.29, 1.82) is 0 Å². The summed E-state index contributed by atoms with van der Waals surface area (Å²) in [7, 11) is 1.85. The van der Waals surface area contributed by atoms with Crippen LogP contribution in [0.25, 0.3) is 0 Å². The van der Waals surface area contributed by atoms with Crippen LogP contribution in [0.15, 0.2) is 121 Å². The van der Waals surface area contributed by atoms with Crippen molar-refractivity contribution >= 4 is 5.91 Å². The van der Waals surface area contributed by atoms with Gasteiger partial charge in [-0.25, -0.2) is 0 Å². The molecule has 0 aliphatic carbocycles. The number of likely N-dealkylation sites (N-methyl/N-ethyl adjacent to an activating group) is 1. The molecule has 0 saturated carbocycles. The van der Waals surface area contributed by atoms with Crippen molar-refractivity contribution in [2.75, 3.05) is 7.05 Å². The molecule has 5 heteroatoms. The van der Waals surface area contributed by atoms with Crippen molar-refractivity contribution in [2.24, 2.45) is 0 Å². The second-order valence-electron chi connectivity index (χ2n) is 11.6. The van der Waals surface area contributed by atoms with E-state index < -0.39 is 17.8 Å². The van der Waals surface area contributed by atoms with E-state index in [1.54, 1.807) is 4.90 Å². The van der Waals surface area contributed by atoms with Gasteiger partial charge in [0.05, 0.1) is 11.8 Å². The number of nitrogens with zero attached hydrogens (tertiary/aromatic N) is 3. The third-order valence-electron chi connectivity index (χ3n) is 8.57. The zero-order valence-electron chi connectivity index (χ0n) is 24.3. The largest absolute Gasteiger partial charge is 0.389 e. The molecule has 41 heavy (non-hydrogen) atoms. The van der Waals surface area contributed by atoms with Crippen LogP contribution in [0.1, 0.15) is 36.1 Å². The summed E-state index contributed by atoms with van der Waals surface area (Å²) in [4.78, 5) is 20.3. The Kier molecular flexibility index (Phi) is 8.99. The van der Waals surface area contributed by atoms with Gasteiger partial charge in [0.1, 0.15) is 6.04 Å². The lowest BCUT2D eigenvalue weighted by Crippen LogP contribution is -2.56. The summed E-state index contributed by atoms with van der Waals surface area (Å²) in [6.07, 6.45) is -0.308. The fourth-order valence-corrected chi connectivity index (χ4v) is 5.99. The lowest BCUT2D eigenvalue weighted by Gasteiger charge is -2.41. The van der Waals surface area contributed by atoms with Gasteiger partial charge in [-0.05, 0) is 42.5 Å². The number of carbonyl (C=O) groups excluding carboxylic acids is 1. The molecular formula is C36H41N3O2. The van der Waals surface area contributed by atoms with Gasteiger partial charge in [-0.2, -0.15) is 0 Å². The van der Waals surface area contributed by atoms with Gasteiger partial charge in [-0.3, -0.25) is 14.6 Å². The summed E-state index contributed by atoms with van der Waals surface area (Å²) in [5.41, 5.74) is 4.04. The molecule has 1 N–H and O–H groups in total. The van der Waals surface area contributed by atoms with Crippen LogP contribution >= 0.6 is 0 Å². The molecule has 4 aromatic carbocycles. The SMILES string of the molecule is CN1C(=O)C(C(O)C(Cc2ccccc2)N(Cc2ccccc2)Cc2ccccc2)N(Cc2ccccc2)C1(C)C. The Morgan fingerprint density at radius 1 is 0.707 bits per heavy atom. The third kappa shape index (κ3) is 6.59. The van der Waals surface area contributed by atoms with Crippen LogP contribution in [-0.2, 0) is 30.8 Å². The summed E-state index contributed by atoms with van der Waals surface area (Å²) in [6.45, 7) is 6.02. The number of amides is 1. The number of aliphatic hydroxyl groups excluding tert-OH is 1. The molecule has 4 aromatic rings. The van der Waals surface area contributed by atoms with E-state index in [0.29, 0.717) is 26.1 Å². The molecular weight excluding hydrogens is 506 g/mol. The molecule has 3 atom stereocenters. The van der Waals surface area contributed by atoms with Crippen molar-refractivity contribution < 1.29 is 9.90 Å². The Balaban J connectivity index is 1.55. The topological polar surface area (TPSA) is 47.0 Å². The summed E-state index contributed by atoms with van der Waals surface area (Å²) in [6, 6.07) is 40.3. The first kappa shape index (κ1) is 28.7. The highest BCUT2D eigenvalue weighted by Gasteiger charge is 2.54. The Labute approximate surface area is 244 Å².